The minimum atomic E-state index is 0.240. The third-order valence-corrected chi connectivity index (χ3v) is 3.51. The fraction of sp³-hybridized carbons (Fsp3) is 0.118. The Morgan fingerprint density at radius 1 is 1.18 bits per heavy atom. The summed E-state index contributed by atoms with van der Waals surface area (Å²) in [6.45, 7) is 0.687. The molecule has 0 aromatic heterocycles. The Hall–Kier alpha value is -2.15. The molecule has 22 heavy (non-hydrogen) atoms. The lowest BCUT2D eigenvalue weighted by Gasteiger charge is -2.06. The molecule has 1 N–H and O–H groups in total. The molecule has 2 aromatic carbocycles. The van der Waals surface area contributed by atoms with Crippen molar-refractivity contribution in [3.8, 4) is 18.1 Å². The van der Waals surface area contributed by atoms with Crippen molar-refractivity contribution in [2.24, 2.45) is 5.10 Å². The third-order valence-electron chi connectivity index (χ3n) is 2.80. The molecule has 0 atom stereocenters. The van der Waals surface area contributed by atoms with Crippen molar-refractivity contribution >= 4 is 29.4 Å². The third kappa shape index (κ3) is 4.70. The number of nitrogens with one attached hydrogen (secondary N) is 1. The first-order valence-electron chi connectivity index (χ1n) is 6.56. The van der Waals surface area contributed by atoms with Crippen molar-refractivity contribution in [1.29, 1.82) is 0 Å². The second kappa shape index (κ2) is 8.33. The summed E-state index contributed by atoms with van der Waals surface area (Å²) in [7, 11) is 0. The molecule has 0 fully saturated rings. The van der Waals surface area contributed by atoms with Gasteiger partial charge in [0.1, 0.15) is 12.4 Å². The van der Waals surface area contributed by atoms with Crippen molar-refractivity contribution in [2.45, 2.75) is 6.54 Å². The van der Waals surface area contributed by atoms with Gasteiger partial charge in [-0.2, -0.15) is 5.10 Å². The average molecular weight is 333 g/mol. The van der Waals surface area contributed by atoms with Crippen LogP contribution in [0.1, 0.15) is 11.1 Å². The van der Waals surface area contributed by atoms with Gasteiger partial charge < -0.3 is 10.2 Å². The van der Waals surface area contributed by atoms with Gasteiger partial charge in [-0.25, -0.2) is 0 Å². The Morgan fingerprint density at radius 2 is 1.91 bits per heavy atom. The van der Waals surface area contributed by atoms with Gasteiger partial charge in [0, 0.05) is 15.6 Å². The van der Waals surface area contributed by atoms with Crippen LogP contribution < -0.4 is 10.2 Å². The van der Waals surface area contributed by atoms with E-state index in [2.05, 4.69) is 16.4 Å². The monoisotopic (exact) mass is 332 g/mol. The minimum absolute atomic E-state index is 0.240. The fourth-order valence-corrected chi connectivity index (χ4v) is 2.29. The number of hydrazone groups is 1. The summed E-state index contributed by atoms with van der Waals surface area (Å²) in [5, 5.41) is 5.37. The topological polar surface area (TPSA) is 33.6 Å². The molecule has 0 spiro atoms. The van der Waals surface area contributed by atoms with Gasteiger partial charge in [0.05, 0.1) is 12.8 Å². The van der Waals surface area contributed by atoms with E-state index >= 15 is 0 Å². The number of nitrogens with zero attached hydrogens (tertiary/aromatic N) is 1. The molecule has 5 heteroatoms. The maximum Gasteiger partial charge on any atom is 0.148 e. The van der Waals surface area contributed by atoms with Crippen LogP contribution in [0, 0.1) is 12.3 Å². The minimum Gasteiger partial charge on any atom is -0.481 e. The van der Waals surface area contributed by atoms with Gasteiger partial charge in [-0.3, -0.25) is 0 Å². The molecule has 2 aromatic rings. The van der Waals surface area contributed by atoms with E-state index in [9.17, 15) is 0 Å². The highest BCUT2D eigenvalue weighted by Crippen LogP contribution is 2.23. The Bertz CT molecular complexity index is 688. The molecule has 0 aliphatic carbocycles. The van der Waals surface area contributed by atoms with Gasteiger partial charge in [-0.1, -0.05) is 47.3 Å². The molecule has 112 valence electrons. The average Bonchev–Trinajstić information content (AvgIpc) is 2.52. The molecular weight excluding hydrogens is 319 g/mol. The van der Waals surface area contributed by atoms with Crippen LogP contribution in [0.5, 0.6) is 5.75 Å². The molecule has 3 nitrogen and oxygen atoms in total. The van der Waals surface area contributed by atoms with E-state index in [-0.39, 0.29) is 6.61 Å². The molecule has 0 radical (unpaired) electrons. The van der Waals surface area contributed by atoms with Gasteiger partial charge in [0.2, 0.25) is 0 Å². The quantitative estimate of drug-likeness (QED) is 0.490. The standard InChI is InChI=1S/C17H14Cl2N2O/c1-2-9-22-14-6-3-5-13(10-14)11-20-21-12-15-16(18)7-4-8-17(15)19/h1,3-8,10-11,21H,9,12H2/b20-11+. The van der Waals surface area contributed by atoms with E-state index in [1.807, 2.05) is 24.3 Å². The number of rotatable bonds is 6. The highest BCUT2D eigenvalue weighted by atomic mass is 35.5. The number of terminal acetylenes is 1. The predicted molar refractivity (Wildman–Crippen MR) is 91.7 cm³/mol. The smallest absolute Gasteiger partial charge is 0.148 e. The first-order valence-corrected chi connectivity index (χ1v) is 7.31. The maximum atomic E-state index is 6.09. The molecule has 0 amide bonds. The SMILES string of the molecule is C#CCOc1cccc(/C=N/NCc2c(Cl)cccc2Cl)c1. The largest absolute Gasteiger partial charge is 0.481 e. The van der Waals surface area contributed by atoms with Crippen LogP contribution in [0.3, 0.4) is 0 Å². The molecule has 2 rings (SSSR count). The Kier molecular flexibility index (Phi) is 6.14. The van der Waals surface area contributed by atoms with Crippen LogP contribution in [0.15, 0.2) is 47.6 Å². The first-order chi connectivity index (χ1) is 10.7. The Labute approximate surface area is 139 Å². The lowest BCUT2D eigenvalue weighted by molar-refractivity contribution is 0.370. The van der Waals surface area contributed by atoms with Gasteiger partial charge in [-0.05, 0) is 29.8 Å². The van der Waals surface area contributed by atoms with Gasteiger partial charge in [-0.15, -0.1) is 6.42 Å². The van der Waals surface area contributed by atoms with Crippen LogP contribution in [0.2, 0.25) is 10.0 Å². The normalized spacial score (nSPS) is 10.4. The summed E-state index contributed by atoms with van der Waals surface area (Å²) >= 11 is 12.2. The lowest BCUT2D eigenvalue weighted by Crippen LogP contribution is -2.06. The Balaban J connectivity index is 1.94. The zero-order valence-corrected chi connectivity index (χ0v) is 13.2. The summed E-state index contributed by atoms with van der Waals surface area (Å²) in [4.78, 5) is 0. The van der Waals surface area contributed by atoms with Gasteiger partial charge in [0.15, 0.2) is 0 Å². The van der Waals surface area contributed by atoms with Crippen LogP contribution in [0.25, 0.3) is 0 Å². The molecule has 0 heterocycles. The second-order valence-corrected chi connectivity index (χ2v) is 5.17. The highest BCUT2D eigenvalue weighted by molar-refractivity contribution is 6.35. The van der Waals surface area contributed by atoms with Crippen molar-refractivity contribution in [2.75, 3.05) is 6.61 Å². The van der Waals surface area contributed by atoms with E-state index in [1.54, 1.807) is 24.4 Å². The number of halogens is 2. The van der Waals surface area contributed by atoms with Crippen LogP contribution >= 0.6 is 23.2 Å². The van der Waals surface area contributed by atoms with Crippen LogP contribution in [-0.4, -0.2) is 12.8 Å². The summed E-state index contributed by atoms with van der Waals surface area (Å²) < 4.78 is 5.35. The summed E-state index contributed by atoms with van der Waals surface area (Å²) in [6, 6.07) is 12.9. The number of benzene rings is 2. The zero-order valence-electron chi connectivity index (χ0n) is 11.7. The predicted octanol–water partition coefficient (Wildman–Crippen LogP) is 4.13. The van der Waals surface area contributed by atoms with Crippen molar-refractivity contribution in [1.82, 2.24) is 5.43 Å². The van der Waals surface area contributed by atoms with E-state index in [0.717, 1.165) is 11.1 Å². The van der Waals surface area contributed by atoms with E-state index in [0.29, 0.717) is 22.3 Å². The van der Waals surface area contributed by atoms with Crippen molar-refractivity contribution in [3.63, 3.8) is 0 Å². The molecule has 0 saturated heterocycles. The van der Waals surface area contributed by atoms with Crippen LogP contribution in [0.4, 0.5) is 0 Å². The molecular formula is C17H14Cl2N2O. The van der Waals surface area contributed by atoms with Crippen LogP contribution in [-0.2, 0) is 6.54 Å². The number of hydrogen-bond acceptors (Lipinski definition) is 3. The van der Waals surface area contributed by atoms with E-state index in [4.69, 9.17) is 34.4 Å². The highest BCUT2D eigenvalue weighted by Gasteiger charge is 2.03. The number of ether oxygens (including phenoxy) is 1. The Morgan fingerprint density at radius 3 is 2.64 bits per heavy atom. The lowest BCUT2D eigenvalue weighted by atomic mass is 10.2. The van der Waals surface area contributed by atoms with Crippen molar-refractivity contribution < 1.29 is 4.74 Å². The molecule has 0 aliphatic heterocycles. The van der Waals surface area contributed by atoms with Crippen molar-refractivity contribution in [3.05, 3.63) is 63.6 Å². The van der Waals surface area contributed by atoms with E-state index < -0.39 is 0 Å². The summed E-state index contributed by atoms with van der Waals surface area (Å²) in [5.74, 6) is 3.13. The molecule has 0 saturated carbocycles. The number of hydrogen-bond donors (Lipinski definition) is 1. The fourth-order valence-electron chi connectivity index (χ4n) is 1.76. The van der Waals surface area contributed by atoms with Gasteiger partial charge in [0.25, 0.3) is 0 Å². The second-order valence-electron chi connectivity index (χ2n) is 4.36. The molecule has 0 unspecified atom stereocenters. The summed E-state index contributed by atoms with van der Waals surface area (Å²) in [5.41, 5.74) is 4.63. The maximum absolute atomic E-state index is 6.09. The summed E-state index contributed by atoms with van der Waals surface area (Å²) in [6.07, 6.45) is 6.85. The van der Waals surface area contributed by atoms with Gasteiger partial charge >= 0.3 is 0 Å². The van der Waals surface area contributed by atoms with E-state index in [1.165, 1.54) is 0 Å². The zero-order chi connectivity index (χ0) is 15.8. The molecule has 0 aliphatic rings. The molecule has 0 bridgehead atoms. The first kappa shape index (κ1) is 16.2.